The van der Waals surface area contributed by atoms with Crippen LogP contribution in [0.15, 0.2) is 0 Å². The summed E-state index contributed by atoms with van der Waals surface area (Å²) < 4.78 is 0. The number of hydrogen-bond donors (Lipinski definition) is 3. The molecule has 2 aliphatic rings. The molecule has 2 saturated carbocycles. The molecule has 2 rings (SSSR count). The number of rotatable bonds is 7. The molecule has 0 aromatic carbocycles. The summed E-state index contributed by atoms with van der Waals surface area (Å²) in [5.74, 6) is 0.947. The van der Waals surface area contributed by atoms with Crippen LogP contribution in [0, 0.1) is 17.8 Å². The monoisotopic (exact) mass is 295 g/mol. The summed E-state index contributed by atoms with van der Waals surface area (Å²) in [6.07, 6.45) is 6.31. The smallest absolute Gasteiger partial charge is 0.309 e. The van der Waals surface area contributed by atoms with Gasteiger partial charge in [-0.25, -0.2) is 0 Å². The molecule has 0 spiro atoms. The largest absolute Gasteiger partial charge is 0.359 e. The maximum Gasteiger partial charge on any atom is 0.309 e. The fraction of sp³-hybridized carbons (Fsp3) is 0.800. The summed E-state index contributed by atoms with van der Waals surface area (Å²) in [6, 6.07) is 0.0651. The van der Waals surface area contributed by atoms with E-state index in [1.807, 2.05) is 6.92 Å². The van der Waals surface area contributed by atoms with E-state index >= 15 is 0 Å². The molecule has 6 heteroatoms. The van der Waals surface area contributed by atoms with Crippen LogP contribution < -0.4 is 16.0 Å². The predicted octanol–water partition coefficient (Wildman–Crippen LogP) is 0.180. The molecular weight excluding hydrogens is 270 g/mol. The molecule has 2 bridgehead atoms. The second kappa shape index (κ2) is 7.43. The fourth-order valence-electron chi connectivity index (χ4n) is 3.82. The van der Waals surface area contributed by atoms with Crippen molar-refractivity contribution < 1.29 is 14.4 Å². The van der Waals surface area contributed by atoms with Gasteiger partial charge in [0.1, 0.15) is 0 Å². The minimum absolute atomic E-state index is 0.0651. The zero-order valence-electron chi connectivity index (χ0n) is 12.6. The van der Waals surface area contributed by atoms with Gasteiger partial charge in [-0.15, -0.1) is 0 Å². The number of nitrogens with one attached hydrogen (secondary N) is 3. The first kappa shape index (κ1) is 15.8. The molecule has 0 aliphatic heterocycles. The summed E-state index contributed by atoms with van der Waals surface area (Å²) >= 11 is 0. The van der Waals surface area contributed by atoms with Gasteiger partial charge < -0.3 is 16.0 Å². The molecule has 0 saturated heterocycles. The van der Waals surface area contributed by atoms with Crippen molar-refractivity contribution in [3.8, 4) is 0 Å². The second-order valence-electron chi connectivity index (χ2n) is 6.28. The minimum atomic E-state index is -0.587. The molecule has 3 amide bonds. The van der Waals surface area contributed by atoms with Crippen LogP contribution in [0.1, 0.15) is 39.0 Å². The highest BCUT2D eigenvalue weighted by Crippen LogP contribution is 2.49. The van der Waals surface area contributed by atoms with Crippen LogP contribution in [0.3, 0.4) is 0 Å². The van der Waals surface area contributed by atoms with Gasteiger partial charge in [-0.3, -0.25) is 14.4 Å². The highest BCUT2D eigenvalue weighted by molar-refractivity contribution is 6.35. The third kappa shape index (κ3) is 4.19. The molecule has 2 aliphatic carbocycles. The van der Waals surface area contributed by atoms with Crippen LogP contribution >= 0.6 is 0 Å². The van der Waals surface area contributed by atoms with Crippen LogP contribution in [-0.2, 0) is 14.4 Å². The van der Waals surface area contributed by atoms with Gasteiger partial charge in [-0.1, -0.05) is 6.42 Å². The normalized spacial score (nSPS) is 28.0. The number of fused-ring (bicyclic) bond motifs is 2. The lowest BCUT2D eigenvalue weighted by Crippen LogP contribution is -2.47. The Morgan fingerprint density at radius 2 is 2.00 bits per heavy atom. The molecule has 4 unspecified atom stereocenters. The van der Waals surface area contributed by atoms with Gasteiger partial charge >= 0.3 is 11.8 Å². The Hall–Kier alpha value is -1.59. The molecule has 0 heterocycles. The molecule has 6 nitrogen and oxygen atoms in total. The Morgan fingerprint density at radius 1 is 1.19 bits per heavy atom. The lowest BCUT2D eigenvalue weighted by molar-refractivity contribution is -0.139. The minimum Gasteiger partial charge on any atom is -0.359 e. The van der Waals surface area contributed by atoms with Gasteiger partial charge in [0.05, 0.1) is 0 Å². The zero-order chi connectivity index (χ0) is 15.2. The Morgan fingerprint density at radius 3 is 2.62 bits per heavy atom. The van der Waals surface area contributed by atoms with Crippen molar-refractivity contribution in [2.45, 2.75) is 45.1 Å². The lowest BCUT2D eigenvalue weighted by atomic mass is 9.84. The van der Waals surface area contributed by atoms with Crippen LogP contribution in [0.2, 0.25) is 0 Å². The van der Waals surface area contributed by atoms with Gasteiger partial charge in [0.2, 0.25) is 6.41 Å². The molecule has 0 radical (unpaired) electrons. The number of carbonyl (C=O) groups is 3. The number of amides is 3. The van der Waals surface area contributed by atoms with Crippen molar-refractivity contribution in [2.24, 2.45) is 17.8 Å². The second-order valence-corrected chi connectivity index (χ2v) is 6.28. The van der Waals surface area contributed by atoms with E-state index < -0.39 is 11.8 Å². The fourth-order valence-corrected chi connectivity index (χ4v) is 3.82. The number of hydrogen-bond acceptors (Lipinski definition) is 3. The van der Waals surface area contributed by atoms with Crippen molar-refractivity contribution >= 4 is 18.2 Å². The Balaban J connectivity index is 1.66. The Kier molecular flexibility index (Phi) is 5.59. The quantitative estimate of drug-likeness (QED) is 0.356. The van der Waals surface area contributed by atoms with E-state index in [2.05, 4.69) is 16.0 Å². The van der Waals surface area contributed by atoms with E-state index in [0.717, 1.165) is 11.8 Å². The number of carbonyl (C=O) groups excluding carboxylic acids is 3. The lowest BCUT2D eigenvalue weighted by Gasteiger charge is -2.28. The Labute approximate surface area is 125 Å². The van der Waals surface area contributed by atoms with E-state index in [9.17, 15) is 14.4 Å². The molecular formula is C15H25N3O3. The van der Waals surface area contributed by atoms with E-state index in [4.69, 9.17) is 0 Å². The molecule has 0 aromatic rings. The molecule has 2 fully saturated rings. The van der Waals surface area contributed by atoms with Crippen molar-refractivity contribution in [3.63, 3.8) is 0 Å². The average molecular weight is 295 g/mol. The van der Waals surface area contributed by atoms with E-state index in [0.29, 0.717) is 31.8 Å². The SMILES string of the molecule is CC(NC(=O)C(=O)NCCCNC=O)C1CC2CCC1C2. The van der Waals surface area contributed by atoms with Crippen molar-refractivity contribution in [3.05, 3.63) is 0 Å². The van der Waals surface area contributed by atoms with Crippen LogP contribution in [0.25, 0.3) is 0 Å². The topological polar surface area (TPSA) is 87.3 Å². The van der Waals surface area contributed by atoms with Crippen LogP contribution in [-0.4, -0.2) is 37.4 Å². The summed E-state index contributed by atoms with van der Waals surface area (Å²) in [5.41, 5.74) is 0. The van der Waals surface area contributed by atoms with Crippen molar-refractivity contribution in [1.82, 2.24) is 16.0 Å². The third-order valence-electron chi connectivity index (χ3n) is 4.87. The highest BCUT2D eigenvalue weighted by Gasteiger charge is 2.42. The highest BCUT2D eigenvalue weighted by atomic mass is 16.2. The van der Waals surface area contributed by atoms with E-state index in [-0.39, 0.29) is 6.04 Å². The maximum absolute atomic E-state index is 11.8. The molecule has 0 aromatic heterocycles. The van der Waals surface area contributed by atoms with Crippen molar-refractivity contribution in [1.29, 1.82) is 0 Å². The maximum atomic E-state index is 11.8. The first-order valence-electron chi connectivity index (χ1n) is 7.87. The average Bonchev–Trinajstić information content (AvgIpc) is 3.09. The van der Waals surface area contributed by atoms with Gasteiger partial charge in [-0.2, -0.15) is 0 Å². The molecule has 4 atom stereocenters. The van der Waals surface area contributed by atoms with Crippen molar-refractivity contribution in [2.75, 3.05) is 13.1 Å². The third-order valence-corrected chi connectivity index (χ3v) is 4.87. The first-order chi connectivity index (χ1) is 10.1. The Bertz CT molecular complexity index is 400. The van der Waals surface area contributed by atoms with Gasteiger partial charge in [-0.05, 0) is 50.4 Å². The van der Waals surface area contributed by atoms with Crippen LogP contribution in [0.4, 0.5) is 0 Å². The molecule has 118 valence electrons. The standard InChI is InChI=1S/C15H25N3O3/c1-10(13-8-11-3-4-12(13)7-11)18-15(21)14(20)17-6-2-5-16-9-19/h9-13H,2-8H2,1H3,(H,16,19)(H,17,20)(H,18,21). The summed E-state index contributed by atoms with van der Waals surface area (Å²) in [4.78, 5) is 33.6. The van der Waals surface area contributed by atoms with Gasteiger partial charge in [0, 0.05) is 19.1 Å². The van der Waals surface area contributed by atoms with Crippen LogP contribution in [0.5, 0.6) is 0 Å². The van der Waals surface area contributed by atoms with Gasteiger partial charge in [0.15, 0.2) is 0 Å². The van der Waals surface area contributed by atoms with E-state index in [1.54, 1.807) is 0 Å². The molecule has 3 N–H and O–H groups in total. The molecule has 21 heavy (non-hydrogen) atoms. The summed E-state index contributed by atoms with van der Waals surface area (Å²) in [5, 5.41) is 7.90. The van der Waals surface area contributed by atoms with E-state index in [1.165, 1.54) is 25.7 Å². The zero-order valence-corrected chi connectivity index (χ0v) is 12.6. The summed E-state index contributed by atoms with van der Waals surface area (Å²) in [7, 11) is 0. The summed E-state index contributed by atoms with van der Waals surface area (Å²) in [6.45, 7) is 2.88. The first-order valence-corrected chi connectivity index (χ1v) is 7.87. The predicted molar refractivity (Wildman–Crippen MR) is 78.2 cm³/mol. The van der Waals surface area contributed by atoms with Gasteiger partial charge in [0.25, 0.3) is 0 Å².